The van der Waals surface area contributed by atoms with E-state index in [1.165, 1.54) is 0 Å². The van der Waals surface area contributed by atoms with Crippen LogP contribution < -0.4 is 5.32 Å². The highest BCUT2D eigenvalue weighted by Crippen LogP contribution is 2.36. The Balaban J connectivity index is 2.02. The lowest BCUT2D eigenvalue weighted by molar-refractivity contribution is -0.116. The van der Waals surface area contributed by atoms with E-state index >= 15 is 0 Å². The Hall–Kier alpha value is -1.84. The molecule has 4 nitrogen and oxygen atoms in total. The molecule has 0 saturated heterocycles. The van der Waals surface area contributed by atoms with Crippen LogP contribution in [0.1, 0.15) is 44.4 Å². The molecule has 1 N–H and O–H groups in total. The third-order valence-electron chi connectivity index (χ3n) is 3.79. The topological polar surface area (TPSA) is 55.1 Å². The fraction of sp³-hybridized carbons (Fsp3) is 0.467. The lowest BCUT2D eigenvalue weighted by Crippen LogP contribution is -2.08. The first-order chi connectivity index (χ1) is 9.06. The summed E-state index contributed by atoms with van der Waals surface area (Å²) in [7, 11) is 0. The fourth-order valence-electron chi connectivity index (χ4n) is 2.51. The highest BCUT2D eigenvalue weighted by molar-refractivity contribution is 6.05. The van der Waals surface area contributed by atoms with Gasteiger partial charge in [0.25, 0.3) is 0 Å². The lowest BCUT2D eigenvalue weighted by atomic mass is 9.99. The zero-order chi connectivity index (χ0) is 13.6. The molecule has 1 aromatic heterocycles. The highest BCUT2D eigenvalue weighted by atomic mass is 16.5. The maximum absolute atomic E-state index is 11.7. The zero-order valence-electron chi connectivity index (χ0n) is 11.5. The smallest absolute Gasteiger partial charge is 0.231 e. The van der Waals surface area contributed by atoms with Crippen molar-refractivity contribution in [2.24, 2.45) is 5.92 Å². The van der Waals surface area contributed by atoms with Crippen molar-refractivity contribution >= 4 is 22.6 Å². The van der Waals surface area contributed by atoms with Crippen molar-refractivity contribution in [2.75, 3.05) is 5.32 Å². The summed E-state index contributed by atoms with van der Waals surface area (Å²) in [4.78, 5) is 11.7. The van der Waals surface area contributed by atoms with Crippen molar-refractivity contribution in [2.45, 2.75) is 39.5 Å². The molecule has 2 heterocycles. The molecular weight excluding hydrogens is 240 g/mol. The van der Waals surface area contributed by atoms with E-state index in [4.69, 9.17) is 4.52 Å². The van der Waals surface area contributed by atoms with Gasteiger partial charge in [0.15, 0.2) is 5.58 Å². The number of carbonyl (C=O) groups is 1. The number of rotatable bonds is 3. The minimum atomic E-state index is -0.0905. The van der Waals surface area contributed by atoms with Crippen LogP contribution in [0.4, 0.5) is 5.69 Å². The van der Waals surface area contributed by atoms with Crippen LogP contribution in [0, 0.1) is 5.92 Å². The van der Waals surface area contributed by atoms with E-state index in [0.29, 0.717) is 5.92 Å². The average molecular weight is 258 g/mol. The van der Waals surface area contributed by atoms with E-state index < -0.39 is 0 Å². The van der Waals surface area contributed by atoms with Crippen LogP contribution in [0.2, 0.25) is 0 Å². The minimum Gasteiger partial charge on any atom is -0.356 e. The summed E-state index contributed by atoms with van der Waals surface area (Å²) >= 11 is 0. The first-order valence-electron chi connectivity index (χ1n) is 6.79. The molecule has 0 spiro atoms. The van der Waals surface area contributed by atoms with Gasteiger partial charge in [-0.05, 0) is 37.3 Å². The van der Waals surface area contributed by atoms with Gasteiger partial charge in [-0.1, -0.05) is 19.0 Å². The number of benzene rings is 1. The molecule has 100 valence electrons. The molecule has 2 aromatic rings. The summed E-state index contributed by atoms with van der Waals surface area (Å²) in [5, 5.41) is 8.08. The van der Waals surface area contributed by atoms with E-state index in [2.05, 4.69) is 30.4 Å². The van der Waals surface area contributed by atoms with Crippen LogP contribution in [0.15, 0.2) is 16.7 Å². The number of nitrogens with zero attached hydrogens (tertiary/aromatic N) is 1. The first kappa shape index (κ1) is 12.2. The second-order valence-corrected chi connectivity index (χ2v) is 5.71. The van der Waals surface area contributed by atoms with Crippen molar-refractivity contribution in [1.29, 1.82) is 0 Å². The van der Waals surface area contributed by atoms with Gasteiger partial charge >= 0.3 is 0 Å². The summed E-state index contributed by atoms with van der Waals surface area (Å²) in [5.41, 5.74) is 3.66. The average Bonchev–Trinajstić information content (AvgIpc) is 2.87. The molecule has 1 amide bonds. The molecule has 4 heteroatoms. The number of aromatic nitrogens is 1. The molecule has 0 aliphatic carbocycles. The first-order valence-corrected chi connectivity index (χ1v) is 6.79. The fourth-order valence-corrected chi connectivity index (χ4v) is 2.51. The Morgan fingerprint density at radius 2 is 2.21 bits per heavy atom. The molecule has 1 aliphatic rings. The number of fused-ring (bicyclic) bond motifs is 2. The normalized spacial score (nSPS) is 18.1. The largest absolute Gasteiger partial charge is 0.356 e. The Bertz CT molecular complexity index is 643. The maximum Gasteiger partial charge on any atom is 0.231 e. The maximum atomic E-state index is 11.7. The standard InChI is InChI=1S/C15H18N2O2/c1-8(2)4-5-12-11-6-10-9(3)15(18)16-13(10)7-14(11)19-17-12/h6-9H,4-5H2,1-3H3,(H,16,18). The number of hydrogen-bond donors (Lipinski definition) is 1. The van der Waals surface area contributed by atoms with Crippen molar-refractivity contribution in [3.63, 3.8) is 0 Å². The summed E-state index contributed by atoms with van der Waals surface area (Å²) in [6.45, 7) is 6.32. The van der Waals surface area contributed by atoms with E-state index in [0.717, 1.165) is 40.8 Å². The Kier molecular flexibility index (Phi) is 2.81. The van der Waals surface area contributed by atoms with Crippen molar-refractivity contribution in [3.8, 4) is 0 Å². The predicted molar refractivity (Wildman–Crippen MR) is 74.2 cm³/mol. The van der Waals surface area contributed by atoms with Gasteiger partial charge in [-0.3, -0.25) is 4.79 Å². The molecule has 1 unspecified atom stereocenters. The molecule has 1 aromatic carbocycles. The van der Waals surface area contributed by atoms with Crippen LogP contribution in [-0.2, 0) is 11.2 Å². The van der Waals surface area contributed by atoms with Crippen LogP contribution in [0.25, 0.3) is 11.0 Å². The van der Waals surface area contributed by atoms with E-state index in [9.17, 15) is 4.79 Å². The molecule has 1 atom stereocenters. The number of nitrogens with one attached hydrogen (secondary N) is 1. The second kappa shape index (κ2) is 4.37. The van der Waals surface area contributed by atoms with Gasteiger partial charge in [0.1, 0.15) is 0 Å². The number of carbonyl (C=O) groups excluding carboxylic acids is 1. The molecule has 3 rings (SSSR count). The van der Waals surface area contributed by atoms with Crippen LogP contribution >= 0.6 is 0 Å². The monoisotopic (exact) mass is 258 g/mol. The van der Waals surface area contributed by atoms with Gasteiger partial charge in [0.05, 0.1) is 11.6 Å². The zero-order valence-corrected chi connectivity index (χ0v) is 11.5. The predicted octanol–water partition coefficient (Wildman–Crippen LogP) is 3.47. The van der Waals surface area contributed by atoms with E-state index in [-0.39, 0.29) is 11.8 Å². The van der Waals surface area contributed by atoms with Crippen molar-refractivity contribution < 1.29 is 9.32 Å². The second-order valence-electron chi connectivity index (χ2n) is 5.71. The number of aryl methyl sites for hydroxylation is 1. The van der Waals surface area contributed by atoms with E-state index in [1.54, 1.807) is 0 Å². The third-order valence-corrected chi connectivity index (χ3v) is 3.79. The third kappa shape index (κ3) is 2.01. The van der Waals surface area contributed by atoms with Gasteiger partial charge in [-0.2, -0.15) is 0 Å². The SMILES string of the molecule is CC(C)CCc1noc2cc3c(cc12)C(C)C(=O)N3. The molecule has 0 saturated carbocycles. The van der Waals surface area contributed by atoms with Gasteiger partial charge < -0.3 is 9.84 Å². The number of amides is 1. The molecule has 1 aliphatic heterocycles. The van der Waals surface area contributed by atoms with Crippen molar-refractivity contribution in [1.82, 2.24) is 5.16 Å². The molecule has 19 heavy (non-hydrogen) atoms. The molecular formula is C15H18N2O2. The Morgan fingerprint density at radius 1 is 1.42 bits per heavy atom. The van der Waals surface area contributed by atoms with Crippen LogP contribution in [0.5, 0.6) is 0 Å². The van der Waals surface area contributed by atoms with E-state index in [1.807, 2.05) is 13.0 Å². The van der Waals surface area contributed by atoms with Crippen molar-refractivity contribution in [3.05, 3.63) is 23.4 Å². The lowest BCUT2D eigenvalue weighted by Gasteiger charge is -2.03. The molecule has 0 bridgehead atoms. The summed E-state index contributed by atoms with van der Waals surface area (Å²) in [6.07, 6.45) is 2.00. The highest BCUT2D eigenvalue weighted by Gasteiger charge is 2.28. The van der Waals surface area contributed by atoms with Gasteiger partial charge in [0, 0.05) is 17.1 Å². The molecule has 0 fully saturated rings. The summed E-state index contributed by atoms with van der Waals surface area (Å²) < 4.78 is 5.38. The van der Waals surface area contributed by atoms with Gasteiger partial charge in [-0.25, -0.2) is 0 Å². The van der Waals surface area contributed by atoms with Gasteiger partial charge in [-0.15, -0.1) is 0 Å². The van der Waals surface area contributed by atoms with Crippen LogP contribution in [-0.4, -0.2) is 11.1 Å². The minimum absolute atomic E-state index is 0.0549. The number of hydrogen-bond acceptors (Lipinski definition) is 3. The number of anilines is 1. The summed E-state index contributed by atoms with van der Waals surface area (Å²) in [6, 6.07) is 3.94. The van der Waals surface area contributed by atoms with Gasteiger partial charge in [0.2, 0.25) is 5.91 Å². The quantitative estimate of drug-likeness (QED) is 0.917. The Morgan fingerprint density at radius 3 is 2.95 bits per heavy atom. The summed E-state index contributed by atoms with van der Waals surface area (Å²) in [5.74, 6) is 0.606. The Labute approximate surface area is 112 Å². The molecule has 0 radical (unpaired) electrons. The van der Waals surface area contributed by atoms with Crippen LogP contribution in [0.3, 0.4) is 0 Å².